The number of hydrogen-bond acceptors (Lipinski definition) is 5. The predicted octanol–water partition coefficient (Wildman–Crippen LogP) is 3.53. The molecule has 1 aromatic carbocycles. The molecule has 0 bridgehead atoms. The molecule has 6 heteroatoms. The van der Waals surface area contributed by atoms with Crippen LogP contribution in [0.1, 0.15) is 24.1 Å². The van der Waals surface area contributed by atoms with Gasteiger partial charge >= 0.3 is 0 Å². The van der Waals surface area contributed by atoms with E-state index in [0.717, 1.165) is 48.9 Å². The Bertz CT molecular complexity index is 889. The van der Waals surface area contributed by atoms with E-state index in [9.17, 15) is 4.79 Å². The van der Waals surface area contributed by atoms with Gasteiger partial charge in [-0.15, -0.1) is 11.3 Å². The Balaban J connectivity index is 1.23. The molecule has 2 aromatic heterocycles. The van der Waals surface area contributed by atoms with Gasteiger partial charge in [0.2, 0.25) is 5.91 Å². The number of aromatic nitrogens is 2. The van der Waals surface area contributed by atoms with E-state index in [1.807, 2.05) is 29.6 Å². The number of likely N-dealkylation sites (tertiary alicyclic amines) is 1. The zero-order chi connectivity index (χ0) is 19.2. The molecule has 5 nitrogen and oxygen atoms in total. The Kier molecular flexibility index (Phi) is 6.09. The average Bonchev–Trinajstić information content (AvgIpc) is 3.19. The summed E-state index contributed by atoms with van der Waals surface area (Å²) in [5.74, 6) is 0.0550. The van der Waals surface area contributed by atoms with Crippen molar-refractivity contribution in [3.05, 3.63) is 71.4 Å². The number of carbonyl (C=O) groups is 1. The molecule has 144 valence electrons. The third-order valence-corrected chi connectivity index (χ3v) is 5.89. The van der Waals surface area contributed by atoms with Crippen molar-refractivity contribution >= 4 is 17.2 Å². The summed E-state index contributed by atoms with van der Waals surface area (Å²) in [6, 6.07) is 16.6. The van der Waals surface area contributed by atoms with Crippen LogP contribution in [0, 0.1) is 0 Å². The van der Waals surface area contributed by atoms with Crippen molar-refractivity contribution in [3.8, 4) is 10.7 Å². The van der Waals surface area contributed by atoms with Gasteiger partial charge in [-0.05, 0) is 30.5 Å². The molecule has 1 fully saturated rings. The SMILES string of the molecule is O=C(Cc1csc(-c2ccccn2)n1)NC1CCN(Cc2ccccc2)CC1. The highest BCUT2D eigenvalue weighted by Crippen LogP contribution is 2.21. The fraction of sp³-hybridized carbons (Fsp3) is 0.318. The molecule has 0 aliphatic carbocycles. The van der Waals surface area contributed by atoms with E-state index < -0.39 is 0 Å². The quantitative estimate of drug-likeness (QED) is 0.697. The number of piperidine rings is 1. The number of benzene rings is 1. The highest BCUT2D eigenvalue weighted by atomic mass is 32.1. The Labute approximate surface area is 169 Å². The number of nitrogens with zero attached hydrogens (tertiary/aromatic N) is 3. The molecule has 0 saturated carbocycles. The molecule has 0 radical (unpaired) electrons. The van der Waals surface area contributed by atoms with Gasteiger partial charge in [0.05, 0.1) is 17.8 Å². The topological polar surface area (TPSA) is 58.1 Å². The third-order valence-electron chi connectivity index (χ3n) is 4.98. The van der Waals surface area contributed by atoms with Crippen molar-refractivity contribution in [1.82, 2.24) is 20.2 Å². The molecule has 3 aromatic rings. The smallest absolute Gasteiger partial charge is 0.226 e. The minimum Gasteiger partial charge on any atom is -0.353 e. The average molecular weight is 393 g/mol. The highest BCUT2D eigenvalue weighted by molar-refractivity contribution is 7.13. The highest BCUT2D eigenvalue weighted by Gasteiger charge is 2.21. The van der Waals surface area contributed by atoms with Gasteiger partial charge in [0.1, 0.15) is 5.01 Å². The summed E-state index contributed by atoms with van der Waals surface area (Å²) < 4.78 is 0. The molecule has 3 heterocycles. The summed E-state index contributed by atoms with van der Waals surface area (Å²) in [7, 11) is 0. The Morgan fingerprint density at radius 3 is 2.64 bits per heavy atom. The fourth-order valence-electron chi connectivity index (χ4n) is 3.52. The lowest BCUT2D eigenvalue weighted by molar-refractivity contribution is -0.121. The second kappa shape index (κ2) is 9.08. The summed E-state index contributed by atoms with van der Waals surface area (Å²) in [5, 5.41) is 5.99. The normalized spacial score (nSPS) is 15.4. The minimum atomic E-state index is 0.0550. The molecule has 1 amide bonds. The van der Waals surface area contributed by atoms with Crippen LogP contribution in [0.5, 0.6) is 0 Å². The fourth-order valence-corrected chi connectivity index (χ4v) is 4.31. The Morgan fingerprint density at radius 2 is 1.89 bits per heavy atom. The molecule has 28 heavy (non-hydrogen) atoms. The first-order chi connectivity index (χ1) is 13.8. The molecule has 0 spiro atoms. The van der Waals surface area contributed by atoms with E-state index in [1.165, 1.54) is 16.9 Å². The Hall–Kier alpha value is -2.57. The molecular weight excluding hydrogens is 368 g/mol. The number of nitrogens with one attached hydrogen (secondary N) is 1. The number of hydrogen-bond donors (Lipinski definition) is 1. The molecule has 1 aliphatic rings. The molecule has 1 N–H and O–H groups in total. The van der Waals surface area contributed by atoms with E-state index in [2.05, 4.69) is 44.5 Å². The maximum atomic E-state index is 12.4. The number of amides is 1. The van der Waals surface area contributed by atoms with E-state index in [1.54, 1.807) is 6.20 Å². The van der Waals surface area contributed by atoms with Crippen LogP contribution in [-0.2, 0) is 17.8 Å². The lowest BCUT2D eigenvalue weighted by Crippen LogP contribution is -2.44. The first-order valence-electron chi connectivity index (χ1n) is 9.68. The Morgan fingerprint density at radius 1 is 1.11 bits per heavy atom. The van der Waals surface area contributed by atoms with E-state index in [-0.39, 0.29) is 11.9 Å². The van der Waals surface area contributed by atoms with Crippen LogP contribution in [0.25, 0.3) is 10.7 Å². The molecule has 1 saturated heterocycles. The van der Waals surface area contributed by atoms with Gasteiger partial charge in [0.15, 0.2) is 0 Å². The number of pyridine rings is 1. The number of rotatable bonds is 6. The maximum Gasteiger partial charge on any atom is 0.226 e. The van der Waals surface area contributed by atoms with Gasteiger partial charge in [0.25, 0.3) is 0 Å². The monoisotopic (exact) mass is 392 g/mol. The van der Waals surface area contributed by atoms with E-state index in [0.29, 0.717) is 6.42 Å². The van der Waals surface area contributed by atoms with Gasteiger partial charge in [-0.3, -0.25) is 14.7 Å². The second-order valence-corrected chi connectivity index (χ2v) is 8.00. The van der Waals surface area contributed by atoms with Crippen molar-refractivity contribution < 1.29 is 4.79 Å². The largest absolute Gasteiger partial charge is 0.353 e. The van der Waals surface area contributed by atoms with Crippen molar-refractivity contribution in [3.63, 3.8) is 0 Å². The summed E-state index contributed by atoms with van der Waals surface area (Å²) in [4.78, 5) is 23.8. The first-order valence-corrected chi connectivity index (χ1v) is 10.6. The lowest BCUT2D eigenvalue weighted by atomic mass is 10.0. The molecule has 4 rings (SSSR count). The molecule has 0 unspecified atom stereocenters. The van der Waals surface area contributed by atoms with Gasteiger partial charge < -0.3 is 5.32 Å². The lowest BCUT2D eigenvalue weighted by Gasteiger charge is -2.32. The van der Waals surface area contributed by atoms with Gasteiger partial charge in [0, 0.05) is 37.3 Å². The van der Waals surface area contributed by atoms with E-state index in [4.69, 9.17) is 0 Å². The summed E-state index contributed by atoms with van der Waals surface area (Å²) in [6.45, 7) is 3.01. The second-order valence-electron chi connectivity index (χ2n) is 7.14. The van der Waals surface area contributed by atoms with Crippen LogP contribution in [-0.4, -0.2) is 39.9 Å². The third kappa shape index (κ3) is 5.03. The van der Waals surface area contributed by atoms with Crippen molar-refractivity contribution in [2.75, 3.05) is 13.1 Å². The predicted molar refractivity (Wildman–Crippen MR) is 112 cm³/mol. The standard InChI is InChI=1S/C22H24N4OS/c27-21(14-19-16-28-22(25-19)20-8-4-5-11-23-20)24-18-9-12-26(13-10-18)15-17-6-2-1-3-7-17/h1-8,11,16,18H,9-10,12-15H2,(H,24,27). The van der Waals surface area contributed by atoms with Crippen molar-refractivity contribution in [2.45, 2.75) is 31.8 Å². The summed E-state index contributed by atoms with van der Waals surface area (Å²) >= 11 is 1.53. The minimum absolute atomic E-state index is 0.0550. The zero-order valence-electron chi connectivity index (χ0n) is 15.8. The maximum absolute atomic E-state index is 12.4. The summed E-state index contributed by atoms with van der Waals surface area (Å²) in [6.07, 6.45) is 4.07. The van der Waals surface area contributed by atoms with Crippen LogP contribution in [0.15, 0.2) is 60.1 Å². The first kappa shape index (κ1) is 18.8. The summed E-state index contributed by atoms with van der Waals surface area (Å²) in [5.41, 5.74) is 3.01. The van der Waals surface area contributed by atoms with E-state index >= 15 is 0 Å². The number of carbonyl (C=O) groups excluding carboxylic acids is 1. The molecular formula is C22H24N4OS. The molecule has 1 aliphatic heterocycles. The van der Waals surface area contributed by atoms with Crippen LogP contribution >= 0.6 is 11.3 Å². The van der Waals surface area contributed by atoms with Crippen LogP contribution in [0.3, 0.4) is 0 Å². The van der Waals surface area contributed by atoms with Crippen LogP contribution in [0.4, 0.5) is 0 Å². The van der Waals surface area contributed by atoms with Crippen LogP contribution in [0.2, 0.25) is 0 Å². The van der Waals surface area contributed by atoms with Gasteiger partial charge in [-0.25, -0.2) is 4.98 Å². The van der Waals surface area contributed by atoms with Gasteiger partial charge in [-0.1, -0.05) is 36.4 Å². The van der Waals surface area contributed by atoms with Crippen LogP contribution < -0.4 is 5.32 Å². The zero-order valence-corrected chi connectivity index (χ0v) is 16.6. The van der Waals surface area contributed by atoms with Crippen molar-refractivity contribution in [1.29, 1.82) is 0 Å². The molecule has 0 atom stereocenters. The number of thiazole rings is 1. The van der Waals surface area contributed by atoms with Crippen molar-refractivity contribution in [2.24, 2.45) is 0 Å². The van der Waals surface area contributed by atoms with Gasteiger partial charge in [-0.2, -0.15) is 0 Å².